The molecule has 0 saturated carbocycles. The standard InChI is InChI=1S/C18H19N3O9S/c1-28-11-4-8(5-12(29-2)13(11)30-3)20-18(27)19-7-9-6-10(16(23)24)15(31-9)21-14(22)17(25)26/h4-6H,7H2,1-3H3,(H,21,22)(H,23,24)(H,25,26)(H2,19,20,27). The zero-order chi connectivity index (χ0) is 23.1. The van der Waals surface area contributed by atoms with Crippen molar-refractivity contribution >= 4 is 45.9 Å². The summed E-state index contributed by atoms with van der Waals surface area (Å²) in [7, 11) is 4.30. The number of carboxylic acids is 2. The molecule has 2 aromatic rings. The maximum Gasteiger partial charge on any atom is 0.394 e. The third kappa shape index (κ3) is 5.76. The highest BCUT2D eigenvalue weighted by atomic mass is 32.1. The van der Waals surface area contributed by atoms with Crippen LogP contribution in [0.15, 0.2) is 18.2 Å². The third-order valence-electron chi connectivity index (χ3n) is 3.78. The van der Waals surface area contributed by atoms with E-state index in [4.69, 9.17) is 19.3 Å². The van der Waals surface area contributed by atoms with Crippen LogP contribution in [-0.4, -0.2) is 55.4 Å². The van der Waals surface area contributed by atoms with Gasteiger partial charge in [0.1, 0.15) is 5.00 Å². The minimum absolute atomic E-state index is 0.0792. The number of ether oxygens (including phenoxy) is 3. The van der Waals surface area contributed by atoms with Crippen molar-refractivity contribution in [1.82, 2.24) is 5.32 Å². The van der Waals surface area contributed by atoms with Gasteiger partial charge >= 0.3 is 23.9 Å². The molecule has 0 bridgehead atoms. The third-order valence-corrected chi connectivity index (χ3v) is 4.83. The number of benzene rings is 1. The lowest BCUT2D eigenvalue weighted by atomic mass is 10.2. The van der Waals surface area contributed by atoms with Crippen LogP contribution < -0.4 is 30.2 Å². The highest BCUT2D eigenvalue weighted by Crippen LogP contribution is 2.39. The molecule has 2 rings (SSSR count). The summed E-state index contributed by atoms with van der Waals surface area (Å²) in [6.45, 7) is -0.0792. The van der Waals surface area contributed by atoms with Gasteiger partial charge in [0.25, 0.3) is 0 Å². The molecule has 5 N–H and O–H groups in total. The molecule has 12 nitrogen and oxygen atoms in total. The predicted molar refractivity (Wildman–Crippen MR) is 110 cm³/mol. The van der Waals surface area contributed by atoms with Crippen LogP contribution in [0.4, 0.5) is 15.5 Å². The van der Waals surface area contributed by atoms with Gasteiger partial charge in [0.05, 0.1) is 39.1 Å². The first-order valence-corrected chi connectivity index (χ1v) is 9.26. The molecule has 0 radical (unpaired) electrons. The first-order chi connectivity index (χ1) is 14.7. The molecule has 1 aromatic heterocycles. The van der Waals surface area contributed by atoms with E-state index in [1.807, 2.05) is 5.32 Å². The molecule has 0 atom stereocenters. The van der Waals surface area contributed by atoms with Gasteiger partial charge in [-0.2, -0.15) is 0 Å². The normalized spacial score (nSPS) is 10.0. The fraction of sp³-hybridized carbons (Fsp3) is 0.222. The van der Waals surface area contributed by atoms with Gasteiger partial charge in [-0.3, -0.25) is 4.79 Å². The molecule has 0 fully saturated rings. The quantitative estimate of drug-likeness (QED) is 0.374. The van der Waals surface area contributed by atoms with Gasteiger partial charge in [-0.1, -0.05) is 0 Å². The molecule has 3 amide bonds. The van der Waals surface area contributed by atoms with Crippen LogP contribution in [0.3, 0.4) is 0 Å². The van der Waals surface area contributed by atoms with Gasteiger partial charge in [-0.25, -0.2) is 14.4 Å². The van der Waals surface area contributed by atoms with Gasteiger partial charge in [0, 0.05) is 17.0 Å². The van der Waals surface area contributed by atoms with Crippen LogP contribution in [0.25, 0.3) is 0 Å². The molecular weight excluding hydrogens is 434 g/mol. The SMILES string of the molecule is COc1cc(NC(=O)NCc2cc(C(=O)O)c(NC(=O)C(=O)O)s2)cc(OC)c1OC. The van der Waals surface area contributed by atoms with E-state index in [9.17, 15) is 24.3 Å². The fourth-order valence-electron chi connectivity index (χ4n) is 2.43. The van der Waals surface area contributed by atoms with Crippen LogP contribution in [0.5, 0.6) is 17.2 Å². The van der Waals surface area contributed by atoms with E-state index in [0.29, 0.717) is 27.8 Å². The van der Waals surface area contributed by atoms with Crippen molar-refractivity contribution in [2.45, 2.75) is 6.54 Å². The Labute approximate surface area is 179 Å². The van der Waals surface area contributed by atoms with Crippen molar-refractivity contribution < 1.29 is 43.6 Å². The molecule has 0 aliphatic carbocycles. The Balaban J connectivity index is 2.10. The fourth-order valence-corrected chi connectivity index (χ4v) is 3.42. The lowest BCUT2D eigenvalue weighted by Crippen LogP contribution is -2.27. The minimum atomic E-state index is -1.76. The van der Waals surface area contributed by atoms with Crippen LogP contribution in [0.1, 0.15) is 15.2 Å². The number of rotatable bonds is 8. The molecular formula is C18H19N3O9S. The van der Waals surface area contributed by atoms with E-state index in [1.54, 1.807) is 0 Å². The van der Waals surface area contributed by atoms with E-state index in [0.717, 1.165) is 11.3 Å². The van der Waals surface area contributed by atoms with Crippen molar-refractivity contribution in [2.75, 3.05) is 32.0 Å². The number of hydrogen-bond donors (Lipinski definition) is 5. The van der Waals surface area contributed by atoms with Gasteiger partial charge in [-0.15, -0.1) is 11.3 Å². The summed E-state index contributed by atoms with van der Waals surface area (Å²) in [6, 6.07) is 3.66. The van der Waals surface area contributed by atoms with Crippen molar-refractivity contribution in [3.05, 3.63) is 28.6 Å². The molecule has 0 aliphatic heterocycles. The molecule has 13 heteroatoms. The Morgan fingerprint density at radius 1 is 0.935 bits per heavy atom. The van der Waals surface area contributed by atoms with Gasteiger partial charge in [0.2, 0.25) is 5.75 Å². The molecule has 166 valence electrons. The Kier molecular flexibility index (Phi) is 7.63. The molecule has 31 heavy (non-hydrogen) atoms. The van der Waals surface area contributed by atoms with E-state index < -0.39 is 23.9 Å². The van der Waals surface area contributed by atoms with Crippen LogP contribution >= 0.6 is 11.3 Å². The molecule has 0 aliphatic rings. The average Bonchev–Trinajstić information content (AvgIpc) is 3.14. The van der Waals surface area contributed by atoms with Crippen LogP contribution in [0, 0.1) is 0 Å². The number of aliphatic carboxylic acids is 1. The lowest BCUT2D eigenvalue weighted by Gasteiger charge is -2.14. The van der Waals surface area contributed by atoms with Crippen LogP contribution in [-0.2, 0) is 16.1 Å². The number of carbonyl (C=O) groups is 4. The van der Waals surface area contributed by atoms with Crippen LogP contribution in [0.2, 0.25) is 0 Å². The van der Waals surface area contributed by atoms with E-state index in [2.05, 4.69) is 10.6 Å². The molecule has 1 heterocycles. The first kappa shape index (κ1) is 23.3. The number of carbonyl (C=O) groups excluding carboxylic acids is 2. The monoisotopic (exact) mass is 453 g/mol. The second-order valence-corrected chi connectivity index (χ2v) is 6.88. The first-order valence-electron chi connectivity index (χ1n) is 8.45. The molecule has 1 aromatic carbocycles. The summed E-state index contributed by atoms with van der Waals surface area (Å²) in [5, 5.41) is 24.8. The molecule has 0 saturated heterocycles. The number of aromatic carboxylic acids is 1. The summed E-state index contributed by atoms with van der Waals surface area (Å²) in [5.41, 5.74) is 0.0558. The molecule has 0 spiro atoms. The molecule has 0 unspecified atom stereocenters. The topological polar surface area (TPSA) is 173 Å². The summed E-state index contributed by atoms with van der Waals surface area (Å²) >= 11 is 0.824. The second kappa shape index (κ2) is 10.2. The summed E-state index contributed by atoms with van der Waals surface area (Å²) in [4.78, 5) is 45.9. The zero-order valence-corrected chi connectivity index (χ0v) is 17.4. The zero-order valence-electron chi connectivity index (χ0n) is 16.6. The largest absolute Gasteiger partial charge is 0.493 e. The maximum atomic E-state index is 12.2. The number of nitrogens with one attached hydrogen (secondary N) is 3. The van der Waals surface area contributed by atoms with E-state index in [1.165, 1.54) is 39.5 Å². The summed E-state index contributed by atoms with van der Waals surface area (Å²) in [5.74, 6) is -3.46. The minimum Gasteiger partial charge on any atom is -0.493 e. The van der Waals surface area contributed by atoms with Gasteiger partial charge in [-0.05, 0) is 6.07 Å². The maximum absolute atomic E-state index is 12.2. The van der Waals surface area contributed by atoms with Crippen molar-refractivity contribution in [1.29, 1.82) is 0 Å². The second-order valence-electron chi connectivity index (χ2n) is 5.74. The highest BCUT2D eigenvalue weighted by molar-refractivity contribution is 7.16. The van der Waals surface area contributed by atoms with E-state index >= 15 is 0 Å². The number of urea groups is 1. The Morgan fingerprint density at radius 3 is 2.03 bits per heavy atom. The average molecular weight is 453 g/mol. The Hall–Kier alpha value is -4.00. The predicted octanol–water partition coefficient (Wildman–Crippen LogP) is 1.82. The number of carboxylic acid groups (broad SMARTS) is 2. The number of methoxy groups -OCH3 is 3. The number of thiophene rings is 1. The Bertz CT molecular complexity index is 994. The smallest absolute Gasteiger partial charge is 0.394 e. The van der Waals surface area contributed by atoms with Gasteiger partial charge in [0.15, 0.2) is 11.5 Å². The summed E-state index contributed by atoms with van der Waals surface area (Å²) < 4.78 is 15.6. The van der Waals surface area contributed by atoms with E-state index in [-0.39, 0.29) is 17.1 Å². The van der Waals surface area contributed by atoms with Crippen molar-refractivity contribution in [3.63, 3.8) is 0 Å². The van der Waals surface area contributed by atoms with Gasteiger partial charge < -0.3 is 40.4 Å². The highest BCUT2D eigenvalue weighted by Gasteiger charge is 2.20. The van der Waals surface area contributed by atoms with Crippen molar-refractivity contribution in [3.8, 4) is 17.2 Å². The lowest BCUT2D eigenvalue weighted by molar-refractivity contribution is -0.147. The number of hydrogen-bond acceptors (Lipinski definition) is 8. The number of anilines is 2. The summed E-state index contributed by atoms with van der Waals surface area (Å²) in [6.07, 6.45) is 0. The van der Waals surface area contributed by atoms with Crippen molar-refractivity contribution in [2.24, 2.45) is 0 Å². The Morgan fingerprint density at radius 2 is 1.55 bits per heavy atom. The number of amides is 3.